The van der Waals surface area contributed by atoms with Crippen LogP contribution in [0.25, 0.3) is 0 Å². The molecule has 1 amide bonds. The third-order valence-corrected chi connectivity index (χ3v) is 4.02. The first-order valence-electron chi connectivity index (χ1n) is 5.81. The van der Waals surface area contributed by atoms with Crippen LogP contribution < -0.4 is 10.5 Å². The van der Waals surface area contributed by atoms with Crippen molar-refractivity contribution in [2.24, 2.45) is 11.1 Å². The van der Waals surface area contributed by atoms with Gasteiger partial charge in [0.15, 0.2) is 0 Å². The van der Waals surface area contributed by atoms with Gasteiger partial charge in [0.05, 0.1) is 4.90 Å². The van der Waals surface area contributed by atoms with Crippen LogP contribution in [0.5, 0.6) is 0 Å². The van der Waals surface area contributed by atoms with Crippen LogP contribution in [0.4, 0.5) is 0 Å². The van der Waals surface area contributed by atoms with Gasteiger partial charge in [-0.3, -0.25) is 4.79 Å². The molecule has 0 aromatic heterocycles. The zero-order valence-electron chi connectivity index (χ0n) is 10.1. The summed E-state index contributed by atoms with van der Waals surface area (Å²) in [4.78, 5) is 11.9. The van der Waals surface area contributed by atoms with Crippen LogP contribution in [0.1, 0.15) is 30.1 Å². The number of amides is 1. The number of nitrogens with one attached hydrogen (secondary N) is 1. The van der Waals surface area contributed by atoms with E-state index in [0.717, 1.165) is 12.8 Å². The molecule has 1 aliphatic carbocycles. The van der Waals surface area contributed by atoms with E-state index in [-0.39, 0.29) is 16.8 Å². The van der Waals surface area contributed by atoms with Crippen LogP contribution in [-0.4, -0.2) is 20.4 Å². The molecule has 6 heteroatoms. The molecule has 0 radical (unpaired) electrons. The molecule has 0 aliphatic heterocycles. The number of rotatable bonds is 4. The van der Waals surface area contributed by atoms with Crippen molar-refractivity contribution in [3.8, 4) is 0 Å². The van der Waals surface area contributed by atoms with Crippen molar-refractivity contribution < 1.29 is 13.2 Å². The largest absolute Gasteiger partial charge is 0.349 e. The number of hydrogen-bond donors (Lipinski definition) is 2. The maximum absolute atomic E-state index is 11.9. The van der Waals surface area contributed by atoms with Crippen molar-refractivity contribution in [3.05, 3.63) is 29.8 Å². The molecule has 1 aromatic rings. The van der Waals surface area contributed by atoms with Gasteiger partial charge in [0.25, 0.3) is 5.91 Å². The number of primary sulfonamides is 1. The minimum absolute atomic E-state index is 0.0470. The fraction of sp³-hybridized carbons (Fsp3) is 0.417. The maximum atomic E-state index is 11.9. The smallest absolute Gasteiger partial charge is 0.251 e. The monoisotopic (exact) mass is 268 g/mol. The van der Waals surface area contributed by atoms with Crippen LogP contribution in [0.2, 0.25) is 0 Å². The molecule has 3 N–H and O–H groups in total. The summed E-state index contributed by atoms with van der Waals surface area (Å²) in [6, 6.07) is 5.87. The number of sulfonamides is 1. The van der Waals surface area contributed by atoms with E-state index in [1.54, 1.807) is 6.07 Å². The predicted molar refractivity (Wildman–Crippen MR) is 67.5 cm³/mol. The van der Waals surface area contributed by atoms with Crippen molar-refractivity contribution in [3.63, 3.8) is 0 Å². The highest BCUT2D eigenvalue weighted by Crippen LogP contribution is 2.32. The number of hydrogen-bond acceptors (Lipinski definition) is 3. The predicted octanol–water partition coefficient (Wildman–Crippen LogP) is 0.862. The second-order valence-corrected chi connectivity index (χ2v) is 6.23. The molecule has 1 saturated carbocycles. The van der Waals surface area contributed by atoms with E-state index in [0.29, 0.717) is 11.5 Å². The van der Waals surface area contributed by atoms with E-state index in [9.17, 15) is 13.2 Å². The molecule has 0 bridgehead atoms. The second kappa shape index (κ2) is 4.70. The van der Waals surface area contributed by atoms with E-state index in [4.69, 9.17) is 5.14 Å². The Hall–Kier alpha value is -1.40. The third-order valence-electron chi connectivity index (χ3n) is 3.11. The van der Waals surface area contributed by atoms with Crippen LogP contribution >= 0.6 is 0 Å². The first-order valence-corrected chi connectivity index (χ1v) is 7.36. The lowest BCUT2D eigenvalue weighted by molar-refractivity contribution is 0.0935. The second-order valence-electron chi connectivity index (χ2n) is 4.67. The fourth-order valence-corrected chi connectivity index (χ4v) is 2.38. The van der Waals surface area contributed by atoms with Crippen molar-refractivity contribution >= 4 is 15.9 Å². The first kappa shape index (κ1) is 13.0. The van der Waals surface area contributed by atoms with Gasteiger partial charge >= 0.3 is 0 Å². The Balaban J connectivity index is 2.15. The van der Waals surface area contributed by atoms with Crippen LogP contribution in [0.3, 0.4) is 0 Å². The molecule has 98 valence electrons. The Morgan fingerprint density at radius 2 is 2.11 bits per heavy atom. The van der Waals surface area contributed by atoms with E-state index in [2.05, 4.69) is 5.32 Å². The average molecular weight is 268 g/mol. The summed E-state index contributed by atoms with van der Waals surface area (Å²) in [5, 5.41) is 7.89. The highest BCUT2D eigenvalue weighted by atomic mass is 32.2. The quantitative estimate of drug-likeness (QED) is 0.848. The number of nitrogens with two attached hydrogens (primary N) is 1. The number of benzene rings is 1. The van der Waals surface area contributed by atoms with Crippen LogP contribution in [0.15, 0.2) is 29.2 Å². The summed E-state index contributed by atoms with van der Waals surface area (Å²) >= 11 is 0. The Kier molecular flexibility index (Phi) is 3.41. The van der Waals surface area contributed by atoms with Crippen LogP contribution in [-0.2, 0) is 10.0 Å². The topological polar surface area (TPSA) is 89.3 Å². The molecule has 0 heterocycles. The molecule has 1 atom stereocenters. The van der Waals surface area contributed by atoms with Crippen LogP contribution in [0, 0.1) is 5.92 Å². The summed E-state index contributed by atoms with van der Waals surface area (Å²) in [6.45, 7) is 1.96. The lowest BCUT2D eigenvalue weighted by Crippen LogP contribution is -2.34. The Morgan fingerprint density at radius 1 is 1.44 bits per heavy atom. The summed E-state index contributed by atoms with van der Waals surface area (Å²) in [5.41, 5.74) is 0.314. The van der Waals surface area contributed by atoms with Gasteiger partial charge in [0, 0.05) is 11.6 Å². The standard InChI is InChI=1S/C12H16N2O3S/c1-8(9-5-6-9)14-12(15)10-3-2-4-11(7-10)18(13,16)17/h2-4,7-9H,5-6H2,1H3,(H,14,15)(H2,13,16,17). The van der Waals surface area contributed by atoms with E-state index >= 15 is 0 Å². The molecule has 0 saturated heterocycles. The minimum Gasteiger partial charge on any atom is -0.349 e. The first-order chi connectivity index (χ1) is 8.38. The molecule has 5 nitrogen and oxygen atoms in total. The molecule has 1 aliphatic rings. The van der Waals surface area contributed by atoms with E-state index in [1.165, 1.54) is 18.2 Å². The molecule has 1 fully saturated rings. The maximum Gasteiger partial charge on any atom is 0.251 e. The normalized spacial score (nSPS) is 17.2. The highest BCUT2D eigenvalue weighted by Gasteiger charge is 2.29. The summed E-state index contributed by atoms with van der Waals surface area (Å²) < 4.78 is 22.4. The highest BCUT2D eigenvalue weighted by molar-refractivity contribution is 7.89. The van der Waals surface area contributed by atoms with E-state index in [1.807, 2.05) is 6.92 Å². The zero-order chi connectivity index (χ0) is 13.3. The molecule has 1 aromatic carbocycles. The van der Waals surface area contributed by atoms with Crippen molar-refractivity contribution in [2.45, 2.75) is 30.7 Å². The molecular weight excluding hydrogens is 252 g/mol. The van der Waals surface area contributed by atoms with Gasteiger partial charge in [0.1, 0.15) is 0 Å². The number of carbonyl (C=O) groups excluding carboxylic acids is 1. The van der Waals surface area contributed by atoms with Gasteiger partial charge in [0.2, 0.25) is 10.0 Å². The molecule has 0 spiro atoms. The average Bonchev–Trinajstić information content (AvgIpc) is 3.11. The SMILES string of the molecule is CC(NC(=O)c1cccc(S(N)(=O)=O)c1)C1CC1. The molecule has 1 unspecified atom stereocenters. The van der Waals surface area contributed by atoms with Gasteiger partial charge in [-0.2, -0.15) is 0 Å². The number of carbonyl (C=O) groups is 1. The Labute approximate surface area is 106 Å². The summed E-state index contributed by atoms with van der Waals surface area (Å²) in [6.07, 6.45) is 2.28. The Morgan fingerprint density at radius 3 is 2.67 bits per heavy atom. The van der Waals surface area contributed by atoms with Gasteiger partial charge in [-0.15, -0.1) is 0 Å². The van der Waals surface area contributed by atoms with Gasteiger partial charge in [-0.1, -0.05) is 6.07 Å². The van der Waals surface area contributed by atoms with Crippen molar-refractivity contribution in [1.82, 2.24) is 5.32 Å². The van der Waals surface area contributed by atoms with Gasteiger partial charge in [-0.05, 0) is 43.9 Å². The summed E-state index contributed by atoms with van der Waals surface area (Å²) in [5.74, 6) is 0.287. The van der Waals surface area contributed by atoms with E-state index < -0.39 is 10.0 Å². The zero-order valence-corrected chi connectivity index (χ0v) is 10.9. The molecular formula is C12H16N2O3S. The molecule has 18 heavy (non-hydrogen) atoms. The van der Waals surface area contributed by atoms with Gasteiger partial charge < -0.3 is 5.32 Å². The van der Waals surface area contributed by atoms with Crippen molar-refractivity contribution in [2.75, 3.05) is 0 Å². The minimum atomic E-state index is -3.77. The lowest BCUT2D eigenvalue weighted by atomic mass is 10.1. The van der Waals surface area contributed by atoms with Crippen molar-refractivity contribution in [1.29, 1.82) is 0 Å². The summed E-state index contributed by atoms with van der Waals surface area (Å²) in [7, 11) is -3.77. The molecule has 2 rings (SSSR count). The fourth-order valence-electron chi connectivity index (χ4n) is 1.82. The van der Waals surface area contributed by atoms with Gasteiger partial charge in [-0.25, -0.2) is 13.6 Å². The third kappa shape index (κ3) is 3.08. The lowest BCUT2D eigenvalue weighted by Gasteiger charge is -2.12. The Bertz CT molecular complexity index is 564.